The van der Waals surface area contributed by atoms with Crippen molar-refractivity contribution in [2.24, 2.45) is 23.7 Å². The van der Waals surface area contributed by atoms with Crippen molar-refractivity contribution in [2.45, 2.75) is 134 Å². The molecular weight excluding hydrogens is 356 g/mol. The smallest absolute Gasteiger partial charge is 0.0605 e. The van der Waals surface area contributed by atoms with Gasteiger partial charge in [-0.15, -0.1) is 0 Å². The third-order valence-electron chi connectivity index (χ3n) is 8.83. The first kappa shape index (κ1) is 22.1. The summed E-state index contributed by atoms with van der Waals surface area (Å²) in [5, 5.41) is 0. The largest absolute Gasteiger partial charge is 0.378 e. The van der Waals surface area contributed by atoms with Gasteiger partial charge in [-0.05, 0) is 94.3 Å². The van der Waals surface area contributed by atoms with Crippen molar-refractivity contribution >= 4 is 0 Å². The van der Waals surface area contributed by atoms with Crippen LogP contribution in [-0.4, -0.2) is 25.4 Å². The maximum Gasteiger partial charge on any atom is 0.0605 e. The maximum atomic E-state index is 6.45. The standard InChI is InChI=1S/C27H48O2/c1-2-6-14-24(13-5-1)26-20-22(11-9-17-28-26)19-23-12-10-18-29-27(21-23)25-15-7-3-4-8-16-25/h22-27H,1-21H2. The van der Waals surface area contributed by atoms with E-state index in [2.05, 4.69) is 0 Å². The second-order valence-corrected chi connectivity index (χ2v) is 11.0. The van der Waals surface area contributed by atoms with Gasteiger partial charge in [0.15, 0.2) is 0 Å². The number of hydrogen-bond donors (Lipinski definition) is 0. The Labute approximate surface area is 180 Å². The molecule has 2 aliphatic carbocycles. The fraction of sp³-hybridized carbons (Fsp3) is 1.00. The highest BCUT2D eigenvalue weighted by molar-refractivity contribution is 4.83. The van der Waals surface area contributed by atoms with Crippen molar-refractivity contribution in [3.63, 3.8) is 0 Å². The van der Waals surface area contributed by atoms with Crippen LogP contribution >= 0.6 is 0 Å². The summed E-state index contributed by atoms with van der Waals surface area (Å²) in [5.74, 6) is 3.52. The van der Waals surface area contributed by atoms with Crippen LogP contribution in [0.1, 0.15) is 122 Å². The lowest BCUT2D eigenvalue weighted by Gasteiger charge is -2.31. The minimum atomic E-state index is 0.570. The van der Waals surface area contributed by atoms with Crippen LogP contribution in [0.5, 0.6) is 0 Å². The summed E-state index contributed by atoms with van der Waals surface area (Å²) in [4.78, 5) is 0. The summed E-state index contributed by atoms with van der Waals surface area (Å²) in [5.41, 5.74) is 0. The van der Waals surface area contributed by atoms with Crippen molar-refractivity contribution in [3.05, 3.63) is 0 Å². The molecule has 2 aliphatic heterocycles. The molecule has 0 N–H and O–H groups in total. The molecule has 2 heterocycles. The molecule has 2 saturated heterocycles. The molecule has 2 nitrogen and oxygen atoms in total. The molecule has 29 heavy (non-hydrogen) atoms. The molecule has 168 valence electrons. The Morgan fingerprint density at radius 1 is 0.448 bits per heavy atom. The van der Waals surface area contributed by atoms with Gasteiger partial charge in [0.2, 0.25) is 0 Å². The molecule has 2 heteroatoms. The maximum absolute atomic E-state index is 6.45. The second-order valence-electron chi connectivity index (χ2n) is 11.0. The van der Waals surface area contributed by atoms with Crippen molar-refractivity contribution in [1.82, 2.24) is 0 Å². The number of hydrogen-bond acceptors (Lipinski definition) is 2. The zero-order valence-corrected chi connectivity index (χ0v) is 19.1. The molecule has 0 spiro atoms. The molecule has 0 radical (unpaired) electrons. The fourth-order valence-corrected chi connectivity index (χ4v) is 7.16. The topological polar surface area (TPSA) is 18.5 Å². The summed E-state index contributed by atoms with van der Waals surface area (Å²) in [7, 11) is 0. The Kier molecular flexibility index (Phi) is 9.22. The number of ether oxygens (including phenoxy) is 2. The monoisotopic (exact) mass is 404 g/mol. The van der Waals surface area contributed by atoms with Crippen LogP contribution in [0.2, 0.25) is 0 Å². The average molecular weight is 405 g/mol. The summed E-state index contributed by atoms with van der Waals surface area (Å²) >= 11 is 0. The predicted molar refractivity (Wildman–Crippen MR) is 121 cm³/mol. The Balaban J connectivity index is 1.32. The molecular formula is C27H48O2. The van der Waals surface area contributed by atoms with Gasteiger partial charge in [-0.3, -0.25) is 0 Å². The highest BCUT2D eigenvalue weighted by atomic mass is 16.5. The molecule has 4 aliphatic rings. The molecule has 2 saturated carbocycles. The van der Waals surface area contributed by atoms with Crippen molar-refractivity contribution in [2.75, 3.05) is 13.2 Å². The van der Waals surface area contributed by atoms with Crippen molar-refractivity contribution in [1.29, 1.82) is 0 Å². The highest BCUT2D eigenvalue weighted by Gasteiger charge is 2.32. The van der Waals surface area contributed by atoms with Gasteiger partial charge < -0.3 is 9.47 Å². The van der Waals surface area contributed by atoms with Gasteiger partial charge in [0.1, 0.15) is 0 Å². The first-order valence-electron chi connectivity index (χ1n) is 13.6. The minimum Gasteiger partial charge on any atom is -0.378 e. The van der Waals surface area contributed by atoms with Crippen LogP contribution in [0.15, 0.2) is 0 Å². The Morgan fingerprint density at radius 3 is 1.28 bits per heavy atom. The van der Waals surface area contributed by atoms with Crippen LogP contribution in [0.4, 0.5) is 0 Å². The van der Waals surface area contributed by atoms with E-state index in [0.717, 1.165) is 36.9 Å². The van der Waals surface area contributed by atoms with Gasteiger partial charge in [-0.25, -0.2) is 0 Å². The molecule has 0 aromatic carbocycles. The van der Waals surface area contributed by atoms with Crippen LogP contribution in [0, 0.1) is 23.7 Å². The lowest BCUT2D eigenvalue weighted by Crippen LogP contribution is -2.27. The molecule has 0 aromatic heterocycles. The van der Waals surface area contributed by atoms with E-state index in [9.17, 15) is 0 Å². The predicted octanol–water partition coefficient (Wildman–Crippen LogP) is 7.69. The Hall–Kier alpha value is -0.0800. The summed E-state index contributed by atoms with van der Waals surface area (Å²) in [6.45, 7) is 2.05. The average Bonchev–Trinajstić information content (AvgIpc) is 3.30. The molecule has 0 aromatic rings. The van der Waals surface area contributed by atoms with Crippen LogP contribution in [-0.2, 0) is 9.47 Å². The second kappa shape index (κ2) is 12.1. The zero-order valence-electron chi connectivity index (χ0n) is 19.1. The third kappa shape index (κ3) is 6.96. The lowest BCUT2D eigenvalue weighted by atomic mass is 9.79. The Morgan fingerprint density at radius 2 is 0.862 bits per heavy atom. The van der Waals surface area contributed by atoms with Crippen LogP contribution < -0.4 is 0 Å². The van der Waals surface area contributed by atoms with Gasteiger partial charge in [0, 0.05) is 13.2 Å². The molecule has 4 atom stereocenters. The van der Waals surface area contributed by atoms with Crippen LogP contribution in [0.25, 0.3) is 0 Å². The Bertz CT molecular complexity index is 394. The van der Waals surface area contributed by atoms with E-state index >= 15 is 0 Å². The minimum absolute atomic E-state index is 0.570. The van der Waals surface area contributed by atoms with Crippen LogP contribution in [0.3, 0.4) is 0 Å². The normalized spacial score (nSPS) is 37.2. The zero-order chi connectivity index (χ0) is 19.7. The third-order valence-corrected chi connectivity index (χ3v) is 8.83. The SMILES string of the molecule is C1CCCC(C2CC(CC3CCCOC(C4CCCCCC4)C3)CCCO2)CC1. The highest BCUT2D eigenvalue weighted by Crippen LogP contribution is 2.39. The fourth-order valence-electron chi connectivity index (χ4n) is 7.16. The molecule has 0 amide bonds. The summed E-state index contributed by atoms with van der Waals surface area (Å²) < 4.78 is 12.9. The molecule has 4 unspecified atom stereocenters. The van der Waals surface area contributed by atoms with Gasteiger partial charge >= 0.3 is 0 Å². The molecule has 0 bridgehead atoms. The summed E-state index contributed by atoms with van der Waals surface area (Å²) in [6.07, 6.45) is 28.0. The number of rotatable bonds is 4. The van der Waals surface area contributed by atoms with Gasteiger partial charge in [-0.1, -0.05) is 51.4 Å². The van der Waals surface area contributed by atoms with E-state index in [1.165, 1.54) is 122 Å². The molecule has 4 fully saturated rings. The van der Waals surface area contributed by atoms with E-state index < -0.39 is 0 Å². The lowest BCUT2D eigenvalue weighted by molar-refractivity contribution is 0.000674. The van der Waals surface area contributed by atoms with Crippen molar-refractivity contribution < 1.29 is 9.47 Å². The van der Waals surface area contributed by atoms with E-state index in [-0.39, 0.29) is 0 Å². The quantitative estimate of drug-likeness (QED) is 0.447. The van der Waals surface area contributed by atoms with E-state index in [4.69, 9.17) is 9.47 Å². The molecule has 4 rings (SSSR count). The first-order chi connectivity index (χ1) is 14.4. The van der Waals surface area contributed by atoms with Gasteiger partial charge in [0.05, 0.1) is 12.2 Å². The van der Waals surface area contributed by atoms with Gasteiger partial charge in [0.25, 0.3) is 0 Å². The van der Waals surface area contributed by atoms with E-state index in [0.29, 0.717) is 12.2 Å². The van der Waals surface area contributed by atoms with E-state index in [1.54, 1.807) is 0 Å². The summed E-state index contributed by atoms with van der Waals surface area (Å²) in [6, 6.07) is 0. The first-order valence-corrected chi connectivity index (χ1v) is 13.6. The van der Waals surface area contributed by atoms with Crippen molar-refractivity contribution in [3.8, 4) is 0 Å². The van der Waals surface area contributed by atoms with E-state index in [1.807, 2.05) is 0 Å². The van der Waals surface area contributed by atoms with Gasteiger partial charge in [-0.2, -0.15) is 0 Å².